The number of amides is 1. The minimum absolute atomic E-state index is 0.0443. The molecular formula is C21H22N2O5S. The van der Waals surface area contributed by atoms with Crippen LogP contribution in [0.25, 0.3) is 6.08 Å². The molecule has 7 nitrogen and oxygen atoms in total. The Morgan fingerprint density at radius 2 is 2.21 bits per heavy atom. The average molecular weight is 414 g/mol. The van der Waals surface area contributed by atoms with Crippen molar-refractivity contribution in [2.24, 2.45) is 5.92 Å². The molecule has 1 aromatic heterocycles. The van der Waals surface area contributed by atoms with E-state index in [9.17, 15) is 19.7 Å². The highest BCUT2D eigenvalue weighted by Gasteiger charge is 2.28. The molecule has 0 saturated heterocycles. The molecule has 1 amide bonds. The monoisotopic (exact) mass is 414 g/mol. The second kappa shape index (κ2) is 9.00. The quantitative estimate of drug-likeness (QED) is 0.322. The van der Waals surface area contributed by atoms with E-state index in [0.717, 1.165) is 29.7 Å². The summed E-state index contributed by atoms with van der Waals surface area (Å²) in [7, 11) is 0. The van der Waals surface area contributed by atoms with E-state index in [2.05, 4.69) is 12.2 Å². The Morgan fingerprint density at radius 3 is 2.93 bits per heavy atom. The van der Waals surface area contributed by atoms with Crippen LogP contribution in [0.4, 0.5) is 10.7 Å². The first kappa shape index (κ1) is 20.7. The standard InChI is InChI=1S/C21H22N2O5S/c1-3-28-21(25)19-16-9-7-13(2)11-17(16)29-20(19)22-18(24)10-8-14-5-4-6-15(12-14)23(26)27/h4-6,8,10,12-13H,3,7,9,11H2,1-2H3,(H,22,24)/b10-8-/t13-/m1/s1. The molecule has 0 unspecified atom stereocenters. The van der Waals surface area contributed by atoms with Crippen molar-refractivity contribution in [2.75, 3.05) is 11.9 Å². The lowest BCUT2D eigenvalue weighted by molar-refractivity contribution is -0.384. The minimum Gasteiger partial charge on any atom is -0.462 e. The Kier molecular flexibility index (Phi) is 6.43. The van der Waals surface area contributed by atoms with E-state index in [1.807, 2.05) is 0 Å². The number of ether oxygens (including phenoxy) is 1. The van der Waals surface area contributed by atoms with Crippen molar-refractivity contribution in [1.82, 2.24) is 0 Å². The van der Waals surface area contributed by atoms with Crippen LogP contribution in [-0.2, 0) is 22.4 Å². The fourth-order valence-electron chi connectivity index (χ4n) is 3.33. The lowest BCUT2D eigenvalue weighted by Gasteiger charge is -2.18. The van der Waals surface area contributed by atoms with Gasteiger partial charge in [0.2, 0.25) is 5.91 Å². The molecule has 152 valence electrons. The van der Waals surface area contributed by atoms with Gasteiger partial charge in [-0.3, -0.25) is 14.9 Å². The Morgan fingerprint density at radius 1 is 1.41 bits per heavy atom. The van der Waals surface area contributed by atoms with Crippen LogP contribution < -0.4 is 5.32 Å². The van der Waals surface area contributed by atoms with Crippen molar-refractivity contribution < 1.29 is 19.2 Å². The molecule has 1 aliphatic carbocycles. The predicted molar refractivity (Wildman–Crippen MR) is 112 cm³/mol. The average Bonchev–Trinajstić information content (AvgIpc) is 3.03. The largest absolute Gasteiger partial charge is 0.462 e. The van der Waals surface area contributed by atoms with Gasteiger partial charge in [-0.2, -0.15) is 0 Å². The highest BCUT2D eigenvalue weighted by atomic mass is 32.1. The van der Waals surface area contributed by atoms with Crippen LogP contribution in [0.15, 0.2) is 30.3 Å². The molecule has 1 N–H and O–H groups in total. The normalized spacial score (nSPS) is 15.7. The van der Waals surface area contributed by atoms with Crippen molar-refractivity contribution >= 4 is 40.0 Å². The van der Waals surface area contributed by atoms with Crippen LogP contribution in [0.5, 0.6) is 0 Å². The zero-order valence-electron chi connectivity index (χ0n) is 16.3. The van der Waals surface area contributed by atoms with Crippen LogP contribution in [0.1, 0.15) is 46.6 Å². The van der Waals surface area contributed by atoms with Gasteiger partial charge in [-0.1, -0.05) is 19.1 Å². The second-order valence-corrected chi connectivity index (χ2v) is 8.06. The number of esters is 1. The fraction of sp³-hybridized carbons (Fsp3) is 0.333. The van der Waals surface area contributed by atoms with Gasteiger partial charge < -0.3 is 10.1 Å². The van der Waals surface area contributed by atoms with Crippen LogP contribution in [0.3, 0.4) is 0 Å². The molecule has 0 saturated carbocycles. The molecule has 1 aromatic carbocycles. The van der Waals surface area contributed by atoms with Crippen LogP contribution in [0, 0.1) is 16.0 Å². The first-order valence-corrected chi connectivity index (χ1v) is 10.3. The highest BCUT2D eigenvalue weighted by Crippen LogP contribution is 2.40. The van der Waals surface area contributed by atoms with Gasteiger partial charge in [0.25, 0.3) is 5.69 Å². The van der Waals surface area contributed by atoms with Crippen LogP contribution in [-0.4, -0.2) is 23.4 Å². The maximum atomic E-state index is 12.5. The van der Waals surface area contributed by atoms with E-state index in [0.29, 0.717) is 22.0 Å². The molecule has 1 aliphatic rings. The molecule has 0 aliphatic heterocycles. The minimum atomic E-state index is -0.486. The highest BCUT2D eigenvalue weighted by molar-refractivity contribution is 7.17. The van der Waals surface area contributed by atoms with Crippen LogP contribution in [0.2, 0.25) is 0 Å². The molecule has 1 heterocycles. The van der Waals surface area contributed by atoms with Gasteiger partial charge in [-0.25, -0.2) is 4.79 Å². The van der Waals surface area contributed by atoms with Gasteiger partial charge in [-0.05, 0) is 49.3 Å². The van der Waals surface area contributed by atoms with E-state index in [1.165, 1.54) is 35.6 Å². The Bertz CT molecular complexity index is 979. The number of benzene rings is 1. The van der Waals surface area contributed by atoms with Crippen molar-refractivity contribution in [3.05, 3.63) is 62.0 Å². The van der Waals surface area contributed by atoms with E-state index in [1.54, 1.807) is 19.1 Å². The van der Waals surface area contributed by atoms with E-state index in [4.69, 9.17) is 4.74 Å². The number of fused-ring (bicyclic) bond motifs is 1. The lowest BCUT2D eigenvalue weighted by Crippen LogP contribution is -2.15. The Hall–Kier alpha value is -3.00. The smallest absolute Gasteiger partial charge is 0.341 e. The van der Waals surface area contributed by atoms with Gasteiger partial charge >= 0.3 is 5.97 Å². The summed E-state index contributed by atoms with van der Waals surface area (Å²) >= 11 is 1.42. The first-order chi connectivity index (χ1) is 13.9. The summed E-state index contributed by atoms with van der Waals surface area (Å²) < 4.78 is 5.20. The van der Waals surface area contributed by atoms with Crippen molar-refractivity contribution in [3.63, 3.8) is 0 Å². The number of nitrogens with one attached hydrogen (secondary N) is 1. The zero-order valence-corrected chi connectivity index (χ0v) is 17.1. The summed E-state index contributed by atoms with van der Waals surface area (Å²) in [6.07, 6.45) is 5.47. The summed E-state index contributed by atoms with van der Waals surface area (Å²) in [5.41, 5.74) is 1.93. The first-order valence-electron chi connectivity index (χ1n) is 9.44. The Labute approximate surface area is 172 Å². The number of nitro benzene ring substituents is 1. The summed E-state index contributed by atoms with van der Waals surface area (Å²) in [6.45, 7) is 4.19. The molecular weight excluding hydrogens is 392 g/mol. The SMILES string of the molecule is CCOC(=O)c1c(NC(=O)/C=C\c2cccc([N+](=O)[O-])c2)sc2c1CC[C@@H](C)C2. The number of rotatable bonds is 6. The number of nitrogens with zero attached hydrogens (tertiary/aromatic N) is 1. The molecule has 0 bridgehead atoms. The Balaban J connectivity index is 1.82. The maximum Gasteiger partial charge on any atom is 0.341 e. The van der Waals surface area contributed by atoms with Gasteiger partial charge in [0.05, 0.1) is 17.1 Å². The number of nitro groups is 1. The van der Waals surface area contributed by atoms with E-state index in [-0.39, 0.29) is 12.3 Å². The van der Waals surface area contributed by atoms with Gasteiger partial charge in [-0.15, -0.1) is 11.3 Å². The molecule has 29 heavy (non-hydrogen) atoms. The molecule has 1 atom stereocenters. The molecule has 0 radical (unpaired) electrons. The summed E-state index contributed by atoms with van der Waals surface area (Å²) in [5, 5.41) is 14.2. The van der Waals surface area contributed by atoms with Crippen molar-refractivity contribution in [2.45, 2.75) is 33.1 Å². The number of carbonyl (C=O) groups excluding carboxylic acids is 2. The fourth-order valence-corrected chi connectivity index (χ4v) is 4.73. The number of hydrogen-bond acceptors (Lipinski definition) is 6. The molecule has 2 aromatic rings. The van der Waals surface area contributed by atoms with Gasteiger partial charge in [0, 0.05) is 23.1 Å². The molecule has 8 heteroatoms. The summed E-state index contributed by atoms with van der Waals surface area (Å²) in [4.78, 5) is 36.4. The third-order valence-corrected chi connectivity index (χ3v) is 5.91. The summed E-state index contributed by atoms with van der Waals surface area (Å²) in [5.74, 6) is -0.292. The van der Waals surface area contributed by atoms with Crippen molar-refractivity contribution in [1.29, 1.82) is 0 Å². The molecule has 3 rings (SSSR count). The van der Waals surface area contributed by atoms with Crippen LogP contribution >= 0.6 is 11.3 Å². The van der Waals surface area contributed by atoms with E-state index < -0.39 is 16.8 Å². The summed E-state index contributed by atoms with van der Waals surface area (Å²) in [6, 6.07) is 6.01. The van der Waals surface area contributed by atoms with Gasteiger partial charge in [0.15, 0.2) is 0 Å². The van der Waals surface area contributed by atoms with E-state index >= 15 is 0 Å². The topological polar surface area (TPSA) is 98.5 Å². The zero-order chi connectivity index (χ0) is 21.0. The lowest BCUT2D eigenvalue weighted by atomic mass is 9.88. The predicted octanol–water partition coefficient (Wildman–Crippen LogP) is 4.61. The molecule has 0 spiro atoms. The number of anilines is 1. The number of carbonyl (C=O) groups is 2. The second-order valence-electron chi connectivity index (χ2n) is 6.95. The number of hydrogen-bond donors (Lipinski definition) is 1. The third kappa shape index (κ3) is 4.89. The molecule has 0 fully saturated rings. The van der Waals surface area contributed by atoms with Gasteiger partial charge in [0.1, 0.15) is 5.00 Å². The number of non-ortho nitro benzene ring substituents is 1. The third-order valence-electron chi connectivity index (χ3n) is 4.74. The maximum absolute atomic E-state index is 12.5. The number of thiophene rings is 1. The van der Waals surface area contributed by atoms with Crippen molar-refractivity contribution in [3.8, 4) is 0 Å².